The standard InChI is InChI=1S/C13H18N4O/c1-3-12-16-10-7-9(14)5-6-11(10)17(12)8-13(18)15-4-2/h5-7H,3-4,8,14H2,1-2H3,(H,15,18). The molecule has 0 bridgehead atoms. The number of fused-ring (bicyclic) bond motifs is 1. The first-order valence-electron chi connectivity index (χ1n) is 6.17. The maximum atomic E-state index is 11.7. The molecule has 0 fully saturated rings. The Balaban J connectivity index is 2.43. The Morgan fingerprint density at radius 1 is 1.44 bits per heavy atom. The number of anilines is 1. The third kappa shape index (κ3) is 2.30. The molecule has 0 saturated carbocycles. The molecule has 0 saturated heterocycles. The number of nitrogens with zero attached hydrogens (tertiary/aromatic N) is 2. The maximum absolute atomic E-state index is 11.7. The topological polar surface area (TPSA) is 72.9 Å². The predicted octanol–water partition coefficient (Wildman–Crippen LogP) is 1.32. The fourth-order valence-electron chi connectivity index (χ4n) is 2.04. The summed E-state index contributed by atoms with van der Waals surface area (Å²) in [6.45, 7) is 4.88. The first-order valence-corrected chi connectivity index (χ1v) is 6.17. The number of nitrogens with two attached hydrogens (primary N) is 1. The first kappa shape index (κ1) is 12.4. The number of aromatic nitrogens is 2. The van der Waals surface area contributed by atoms with E-state index in [-0.39, 0.29) is 5.91 Å². The monoisotopic (exact) mass is 246 g/mol. The molecule has 0 radical (unpaired) electrons. The Bertz CT molecular complexity index is 574. The van der Waals surface area contributed by atoms with E-state index >= 15 is 0 Å². The van der Waals surface area contributed by atoms with Gasteiger partial charge in [0.1, 0.15) is 12.4 Å². The highest BCUT2D eigenvalue weighted by molar-refractivity contribution is 5.83. The molecule has 1 heterocycles. The highest BCUT2D eigenvalue weighted by Gasteiger charge is 2.12. The van der Waals surface area contributed by atoms with Crippen molar-refractivity contribution in [2.75, 3.05) is 12.3 Å². The second kappa shape index (κ2) is 5.08. The second-order valence-corrected chi connectivity index (χ2v) is 4.17. The van der Waals surface area contributed by atoms with Gasteiger partial charge in [0.2, 0.25) is 5.91 Å². The summed E-state index contributed by atoms with van der Waals surface area (Å²) in [6, 6.07) is 5.58. The van der Waals surface area contributed by atoms with Crippen LogP contribution in [0.4, 0.5) is 5.69 Å². The summed E-state index contributed by atoms with van der Waals surface area (Å²) in [5.74, 6) is 0.908. The number of nitrogen functional groups attached to an aromatic ring is 1. The summed E-state index contributed by atoms with van der Waals surface area (Å²) < 4.78 is 1.94. The van der Waals surface area contributed by atoms with E-state index in [1.807, 2.05) is 36.6 Å². The minimum absolute atomic E-state index is 0.00308. The Kier molecular flexibility index (Phi) is 3.50. The number of carbonyl (C=O) groups excluding carboxylic acids is 1. The summed E-state index contributed by atoms with van der Waals surface area (Å²) in [6.07, 6.45) is 0.786. The van der Waals surface area contributed by atoms with Gasteiger partial charge < -0.3 is 15.6 Å². The van der Waals surface area contributed by atoms with Crippen molar-refractivity contribution >= 4 is 22.6 Å². The molecule has 5 nitrogen and oxygen atoms in total. The summed E-state index contributed by atoms with van der Waals surface area (Å²) in [5, 5.41) is 2.80. The molecule has 1 amide bonds. The van der Waals surface area contributed by atoms with Crippen molar-refractivity contribution < 1.29 is 4.79 Å². The average Bonchev–Trinajstić information content (AvgIpc) is 2.66. The quantitative estimate of drug-likeness (QED) is 0.799. The smallest absolute Gasteiger partial charge is 0.239 e. The highest BCUT2D eigenvalue weighted by atomic mass is 16.1. The van der Waals surface area contributed by atoms with Crippen molar-refractivity contribution in [3.63, 3.8) is 0 Å². The number of hydrogen-bond donors (Lipinski definition) is 2. The van der Waals surface area contributed by atoms with Gasteiger partial charge in [-0.3, -0.25) is 4.79 Å². The summed E-state index contributed by atoms with van der Waals surface area (Å²) in [4.78, 5) is 16.2. The van der Waals surface area contributed by atoms with E-state index in [1.165, 1.54) is 0 Å². The number of aryl methyl sites for hydroxylation is 1. The molecule has 0 aliphatic heterocycles. The third-order valence-corrected chi connectivity index (χ3v) is 2.84. The zero-order valence-electron chi connectivity index (χ0n) is 10.7. The Labute approximate surface area is 106 Å². The molecule has 0 unspecified atom stereocenters. The number of amides is 1. The van der Waals surface area contributed by atoms with Crippen molar-refractivity contribution in [2.45, 2.75) is 26.8 Å². The molecule has 0 spiro atoms. The van der Waals surface area contributed by atoms with Crippen molar-refractivity contribution in [2.24, 2.45) is 0 Å². The molecular weight excluding hydrogens is 228 g/mol. The molecule has 0 atom stereocenters. The lowest BCUT2D eigenvalue weighted by atomic mass is 10.3. The van der Waals surface area contributed by atoms with E-state index in [0.717, 1.165) is 23.3 Å². The number of likely N-dealkylation sites (N-methyl/N-ethyl adjacent to an activating group) is 1. The van der Waals surface area contributed by atoms with Gasteiger partial charge in [-0.25, -0.2) is 4.98 Å². The van der Waals surface area contributed by atoms with E-state index in [4.69, 9.17) is 5.73 Å². The van der Waals surface area contributed by atoms with Gasteiger partial charge in [0, 0.05) is 18.7 Å². The van der Waals surface area contributed by atoms with Gasteiger partial charge in [0.05, 0.1) is 11.0 Å². The lowest BCUT2D eigenvalue weighted by Gasteiger charge is -2.07. The van der Waals surface area contributed by atoms with E-state index in [0.29, 0.717) is 18.8 Å². The van der Waals surface area contributed by atoms with Crippen molar-refractivity contribution in [3.05, 3.63) is 24.0 Å². The third-order valence-electron chi connectivity index (χ3n) is 2.84. The van der Waals surface area contributed by atoms with Gasteiger partial charge in [-0.2, -0.15) is 0 Å². The molecule has 5 heteroatoms. The summed E-state index contributed by atoms with van der Waals surface area (Å²) >= 11 is 0. The highest BCUT2D eigenvalue weighted by Crippen LogP contribution is 2.19. The average molecular weight is 246 g/mol. The summed E-state index contributed by atoms with van der Waals surface area (Å²) in [7, 11) is 0. The van der Waals surface area contributed by atoms with Crippen LogP contribution in [-0.4, -0.2) is 22.0 Å². The SMILES string of the molecule is CCNC(=O)Cn1c(CC)nc2cc(N)ccc21. The molecule has 96 valence electrons. The van der Waals surface area contributed by atoms with Gasteiger partial charge in [-0.15, -0.1) is 0 Å². The number of imidazole rings is 1. The summed E-state index contributed by atoms with van der Waals surface area (Å²) in [5.41, 5.74) is 8.23. The van der Waals surface area contributed by atoms with Crippen molar-refractivity contribution in [3.8, 4) is 0 Å². The van der Waals surface area contributed by atoms with Crippen LogP contribution in [0, 0.1) is 0 Å². The van der Waals surface area contributed by atoms with Crippen LogP contribution in [0.5, 0.6) is 0 Å². The fourth-order valence-corrected chi connectivity index (χ4v) is 2.04. The van der Waals surface area contributed by atoms with Gasteiger partial charge in [-0.1, -0.05) is 6.92 Å². The van der Waals surface area contributed by atoms with Crippen molar-refractivity contribution in [1.82, 2.24) is 14.9 Å². The predicted molar refractivity (Wildman–Crippen MR) is 72.2 cm³/mol. The van der Waals surface area contributed by atoms with Crippen molar-refractivity contribution in [1.29, 1.82) is 0 Å². The van der Waals surface area contributed by atoms with Crippen LogP contribution in [0.25, 0.3) is 11.0 Å². The number of rotatable bonds is 4. The van der Waals surface area contributed by atoms with Gasteiger partial charge >= 0.3 is 0 Å². The number of nitrogens with one attached hydrogen (secondary N) is 1. The van der Waals surface area contributed by atoms with E-state index in [2.05, 4.69) is 10.3 Å². The molecule has 0 aliphatic carbocycles. The Morgan fingerprint density at radius 3 is 2.89 bits per heavy atom. The molecule has 18 heavy (non-hydrogen) atoms. The molecular formula is C13H18N4O. The van der Waals surface area contributed by atoms with E-state index in [9.17, 15) is 4.79 Å². The number of hydrogen-bond acceptors (Lipinski definition) is 3. The minimum Gasteiger partial charge on any atom is -0.399 e. The lowest BCUT2D eigenvalue weighted by molar-refractivity contribution is -0.121. The van der Waals surface area contributed by atoms with E-state index in [1.54, 1.807) is 0 Å². The van der Waals surface area contributed by atoms with Crippen LogP contribution >= 0.6 is 0 Å². The van der Waals surface area contributed by atoms with Gasteiger partial charge in [0.25, 0.3) is 0 Å². The van der Waals surface area contributed by atoms with Crippen LogP contribution in [0.3, 0.4) is 0 Å². The fraction of sp³-hybridized carbons (Fsp3) is 0.385. The molecule has 0 aliphatic rings. The Hall–Kier alpha value is -2.04. The van der Waals surface area contributed by atoms with Crippen LogP contribution in [0.2, 0.25) is 0 Å². The molecule has 1 aromatic heterocycles. The molecule has 1 aromatic carbocycles. The first-order chi connectivity index (χ1) is 8.65. The lowest BCUT2D eigenvalue weighted by Crippen LogP contribution is -2.27. The minimum atomic E-state index is 0.00308. The number of carbonyl (C=O) groups is 1. The van der Waals surface area contributed by atoms with Crippen LogP contribution in [0.1, 0.15) is 19.7 Å². The van der Waals surface area contributed by atoms with Crippen LogP contribution in [-0.2, 0) is 17.8 Å². The zero-order valence-corrected chi connectivity index (χ0v) is 10.7. The van der Waals surface area contributed by atoms with E-state index < -0.39 is 0 Å². The van der Waals surface area contributed by atoms with Gasteiger partial charge in [0.15, 0.2) is 0 Å². The molecule has 2 rings (SSSR count). The molecule has 2 aromatic rings. The second-order valence-electron chi connectivity index (χ2n) is 4.17. The normalized spacial score (nSPS) is 10.8. The maximum Gasteiger partial charge on any atom is 0.239 e. The zero-order chi connectivity index (χ0) is 13.1. The Morgan fingerprint density at radius 2 is 2.22 bits per heavy atom. The largest absolute Gasteiger partial charge is 0.399 e. The van der Waals surface area contributed by atoms with Crippen LogP contribution in [0.15, 0.2) is 18.2 Å². The molecule has 3 N–H and O–H groups in total. The van der Waals surface area contributed by atoms with Crippen LogP contribution < -0.4 is 11.1 Å². The van der Waals surface area contributed by atoms with Gasteiger partial charge in [-0.05, 0) is 25.1 Å². The number of benzene rings is 1.